The minimum atomic E-state index is 0.404. The van der Waals surface area contributed by atoms with Crippen LogP contribution >= 0.6 is 23.1 Å². The SMILES string of the molecule is CC(C)c1nsc(N2CCCCCC2CCl)n1. The monoisotopic (exact) mass is 273 g/mol. The summed E-state index contributed by atoms with van der Waals surface area (Å²) in [5.41, 5.74) is 0. The van der Waals surface area contributed by atoms with Crippen LogP contribution in [-0.4, -0.2) is 27.8 Å². The highest BCUT2D eigenvalue weighted by Gasteiger charge is 2.23. The molecule has 0 bridgehead atoms. The summed E-state index contributed by atoms with van der Waals surface area (Å²) in [6, 6.07) is 0.437. The number of aromatic nitrogens is 2. The Balaban J connectivity index is 2.16. The summed E-state index contributed by atoms with van der Waals surface area (Å²) in [6.07, 6.45) is 5.01. The van der Waals surface area contributed by atoms with Crippen LogP contribution in [0.2, 0.25) is 0 Å². The van der Waals surface area contributed by atoms with Gasteiger partial charge in [0, 0.05) is 35.9 Å². The zero-order chi connectivity index (χ0) is 12.3. The number of hydrogen-bond acceptors (Lipinski definition) is 4. The van der Waals surface area contributed by atoms with E-state index in [1.807, 2.05) is 0 Å². The first-order valence-corrected chi connectivity index (χ1v) is 7.69. The maximum Gasteiger partial charge on any atom is 0.205 e. The molecular weight excluding hydrogens is 254 g/mol. The van der Waals surface area contributed by atoms with Crippen LogP contribution in [0.1, 0.15) is 51.3 Å². The van der Waals surface area contributed by atoms with E-state index in [1.54, 1.807) is 0 Å². The fourth-order valence-corrected chi connectivity index (χ4v) is 3.39. The number of nitrogens with zero attached hydrogens (tertiary/aromatic N) is 3. The van der Waals surface area contributed by atoms with Crippen LogP contribution in [0.3, 0.4) is 0 Å². The lowest BCUT2D eigenvalue weighted by Crippen LogP contribution is -2.36. The first-order valence-electron chi connectivity index (χ1n) is 6.38. The summed E-state index contributed by atoms with van der Waals surface area (Å²) in [5.74, 6) is 2.06. The van der Waals surface area contributed by atoms with Gasteiger partial charge in [-0.1, -0.05) is 26.7 Å². The molecule has 0 N–H and O–H groups in total. The van der Waals surface area contributed by atoms with Gasteiger partial charge in [-0.2, -0.15) is 4.37 Å². The number of hydrogen-bond donors (Lipinski definition) is 0. The smallest absolute Gasteiger partial charge is 0.205 e. The summed E-state index contributed by atoms with van der Waals surface area (Å²) < 4.78 is 4.44. The van der Waals surface area contributed by atoms with Crippen molar-refractivity contribution in [1.29, 1.82) is 0 Å². The van der Waals surface area contributed by atoms with Crippen LogP contribution in [0, 0.1) is 0 Å². The first-order chi connectivity index (χ1) is 8.22. The number of halogens is 1. The summed E-state index contributed by atoms with van der Waals surface area (Å²) >= 11 is 7.60. The molecule has 17 heavy (non-hydrogen) atoms. The number of anilines is 1. The Morgan fingerprint density at radius 2 is 2.24 bits per heavy atom. The van der Waals surface area contributed by atoms with Gasteiger partial charge >= 0.3 is 0 Å². The van der Waals surface area contributed by atoms with E-state index in [0.29, 0.717) is 17.8 Å². The predicted molar refractivity (Wildman–Crippen MR) is 74.3 cm³/mol. The molecule has 1 aromatic rings. The lowest BCUT2D eigenvalue weighted by atomic mass is 10.1. The average molecular weight is 274 g/mol. The summed E-state index contributed by atoms with van der Waals surface area (Å²) in [4.78, 5) is 7.01. The van der Waals surface area contributed by atoms with E-state index >= 15 is 0 Å². The van der Waals surface area contributed by atoms with Crippen molar-refractivity contribution in [2.24, 2.45) is 0 Å². The molecule has 0 aromatic carbocycles. The molecule has 1 saturated heterocycles. The van der Waals surface area contributed by atoms with Crippen molar-refractivity contribution >= 4 is 28.3 Å². The Hall–Kier alpha value is -0.350. The first kappa shape index (κ1) is 13.1. The van der Waals surface area contributed by atoms with Crippen molar-refractivity contribution in [3.8, 4) is 0 Å². The lowest BCUT2D eigenvalue weighted by molar-refractivity contribution is 0.618. The molecule has 0 aliphatic carbocycles. The van der Waals surface area contributed by atoms with Crippen LogP contribution in [0.4, 0.5) is 5.13 Å². The molecule has 0 spiro atoms. The van der Waals surface area contributed by atoms with E-state index < -0.39 is 0 Å². The third-order valence-corrected chi connectivity index (χ3v) is 4.37. The standard InChI is InChI=1S/C12H20ClN3S/c1-9(2)11-14-12(17-15-11)16-7-5-3-4-6-10(16)8-13/h9-10H,3-8H2,1-2H3. The fourth-order valence-electron chi connectivity index (χ4n) is 2.17. The topological polar surface area (TPSA) is 29.0 Å². The minimum Gasteiger partial charge on any atom is -0.343 e. The largest absolute Gasteiger partial charge is 0.343 e. The second-order valence-electron chi connectivity index (χ2n) is 4.94. The Kier molecular flexibility index (Phi) is 4.62. The van der Waals surface area contributed by atoms with E-state index in [4.69, 9.17) is 11.6 Å². The molecule has 1 aliphatic rings. The highest BCUT2D eigenvalue weighted by molar-refractivity contribution is 7.09. The Labute approximate surface area is 112 Å². The molecule has 1 unspecified atom stereocenters. The van der Waals surface area contributed by atoms with Crippen LogP contribution < -0.4 is 4.90 Å². The van der Waals surface area contributed by atoms with Gasteiger partial charge in [-0.3, -0.25) is 0 Å². The molecule has 1 aromatic heterocycles. The molecule has 1 fully saturated rings. The van der Waals surface area contributed by atoms with E-state index in [2.05, 4.69) is 28.1 Å². The molecule has 2 rings (SSSR count). The molecule has 0 saturated carbocycles. The second kappa shape index (κ2) is 6.01. The van der Waals surface area contributed by atoms with Gasteiger partial charge in [-0.25, -0.2) is 4.98 Å². The van der Waals surface area contributed by atoms with Crippen molar-refractivity contribution in [2.45, 2.75) is 51.5 Å². The molecule has 5 heteroatoms. The molecular formula is C12H20ClN3S. The quantitative estimate of drug-likeness (QED) is 0.787. The Bertz CT molecular complexity index is 353. The highest BCUT2D eigenvalue weighted by Crippen LogP contribution is 2.27. The van der Waals surface area contributed by atoms with Crippen molar-refractivity contribution in [1.82, 2.24) is 9.36 Å². The molecule has 2 heterocycles. The maximum atomic E-state index is 6.08. The van der Waals surface area contributed by atoms with Gasteiger partial charge in [0.25, 0.3) is 0 Å². The third kappa shape index (κ3) is 3.10. The van der Waals surface area contributed by atoms with Crippen molar-refractivity contribution < 1.29 is 0 Å². The van der Waals surface area contributed by atoms with Crippen molar-refractivity contribution in [3.63, 3.8) is 0 Å². The van der Waals surface area contributed by atoms with Gasteiger partial charge in [0.15, 0.2) is 0 Å². The average Bonchev–Trinajstić information content (AvgIpc) is 2.68. The third-order valence-electron chi connectivity index (χ3n) is 3.25. The number of alkyl halides is 1. The van der Waals surface area contributed by atoms with Gasteiger partial charge in [-0.15, -0.1) is 11.6 Å². The summed E-state index contributed by atoms with van der Waals surface area (Å²) in [5, 5.41) is 1.06. The lowest BCUT2D eigenvalue weighted by Gasteiger charge is -2.27. The van der Waals surface area contributed by atoms with Gasteiger partial charge < -0.3 is 4.90 Å². The summed E-state index contributed by atoms with van der Waals surface area (Å²) in [7, 11) is 0. The zero-order valence-corrected chi connectivity index (χ0v) is 12.1. The zero-order valence-electron chi connectivity index (χ0n) is 10.5. The van der Waals surface area contributed by atoms with Gasteiger partial charge in [0.2, 0.25) is 5.13 Å². The van der Waals surface area contributed by atoms with E-state index in [9.17, 15) is 0 Å². The van der Waals surface area contributed by atoms with Crippen LogP contribution in [0.5, 0.6) is 0 Å². The Morgan fingerprint density at radius 3 is 2.88 bits per heavy atom. The molecule has 1 aliphatic heterocycles. The molecule has 0 amide bonds. The Morgan fingerprint density at radius 1 is 1.41 bits per heavy atom. The minimum absolute atomic E-state index is 0.404. The molecule has 3 nitrogen and oxygen atoms in total. The van der Waals surface area contributed by atoms with Crippen LogP contribution in [0.15, 0.2) is 0 Å². The van der Waals surface area contributed by atoms with Crippen LogP contribution in [-0.2, 0) is 0 Å². The molecule has 1 atom stereocenters. The highest BCUT2D eigenvalue weighted by atomic mass is 35.5. The second-order valence-corrected chi connectivity index (χ2v) is 5.98. The normalized spacial score (nSPS) is 21.9. The van der Waals surface area contributed by atoms with Crippen LogP contribution in [0.25, 0.3) is 0 Å². The van der Waals surface area contributed by atoms with Gasteiger partial charge in [0.05, 0.1) is 0 Å². The summed E-state index contributed by atoms with van der Waals surface area (Å²) in [6.45, 7) is 5.34. The van der Waals surface area contributed by atoms with E-state index in [0.717, 1.165) is 17.5 Å². The van der Waals surface area contributed by atoms with Gasteiger partial charge in [0.1, 0.15) is 5.82 Å². The predicted octanol–water partition coefficient (Wildman–Crippen LogP) is 3.65. The van der Waals surface area contributed by atoms with E-state index in [1.165, 1.54) is 37.2 Å². The van der Waals surface area contributed by atoms with Crippen molar-refractivity contribution in [2.75, 3.05) is 17.3 Å². The maximum absolute atomic E-state index is 6.08. The molecule has 96 valence electrons. The van der Waals surface area contributed by atoms with Crippen molar-refractivity contribution in [3.05, 3.63) is 5.82 Å². The molecule has 0 radical (unpaired) electrons. The van der Waals surface area contributed by atoms with E-state index in [-0.39, 0.29) is 0 Å². The fraction of sp³-hybridized carbons (Fsp3) is 0.833. The van der Waals surface area contributed by atoms with Gasteiger partial charge in [-0.05, 0) is 12.8 Å². The number of rotatable bonds is 3.